The Morgan fingerprint density at radius 1 is 1.00 bits per heavy atom. The van der Waals surface area contributed by atoms with Gasteiger partial charge < -0.3 is 10.3 Å². The summed E-state index contributed by atoms with van der Waals surface area (Å²) in [6.45, 7) is 0. The molecule has 0 saturated carbocycles. The van der Waals surface area contributed by atoms with E-state index in [1.54, 1.807) is 12.5 Å². The molecule has 0 radical (unpaired) electrons. The third-order valence-corrected chi connectivity index (χ3v) is 2.78. The highest BCUT2D eigenvalue weighted by molar-refractivity contribution is 5.69. The predicted octanol–water partition coefficient (Wildman–Crippen LogP) is 2.99. The van der Waals surface area contributed by atoms with Crippen LogP contribution in [-0.4, -0.2) is 19.9 Å². The van der Waals surface area contributed by atoms with E-state index in [1.165, 1.54) is 11.9 Å². The molecule has 3 heterocycles. The predicted molar refractivity (Wildman–Crippen MR) is 79.9 cm³/mol. The van der Waals surface area contributed by atoms with Gasteiger partial charge in [0, 0.05) is 11.9 Å². The second-order valence-electron chi connectivity index (χ2n) is 4.11. The van der Waals surface area contributed by atoms with Crippen molar-refractivity contribution in [2.24, 2.45) is 0 Å². The first-order valence-corrected chi connectivity index (χ1v) is 6.21. The van der Waals surface area contributed by atoms with E-state index in [0.29, 0.717) is 5.65 Å². The van der Waals surface area contributed by atoms with Gasteiger partial charge in [-0.2, -0.15) is 0 Å². The van der Waals surface area contributed by atoms with Crippen LogP contribution >= 0.6 is 0 Å². The summed E-state index contributed by atoms with van der Waals surface area (Å²) in [4.78, 5) is 14.5. The van der Waals surface area contributed by atoms with Gasteiger partial charge in [0.2, 0.25) is 0 Å². The first-order chi connectivity index (χ1) is 9.93. The van der Waals surface area contributed by atoms with Crippen molar-refractivity contribution >= 4 is 22.9 Å². The minimum absolute atomic E-state index is 0.713. The lowest BCUT2D eigenvalue weighted by Gasteiger charge is -2.01. The molecule has 0 fully saturated rings. The lowest BCUT2D eigenvalue weighted by Crippen LogP contribution is -1.87. The first kappa shape index (κ1) is 12.1. The van der Waals surface area contributed by atoms with Crippen LogP contribution in [0, 0.1) is 0 Å². The summed E-state index contributed by atoms with van der Waals surface area (Å²) >= 11 is 0. The summed E-state index contributed by atoms with van der Waals surface area (Å²) in [6, 6.07) is 8.22. The molecule has 0 bridgehead atoms. The maximum atomic E-state index is 3.91. The van der Waals surface area contributed by atoms with Crippen LogP contribution in [0.15, 0.2) is 61.5 Å². The van der Waals surface area contributed by atoms with Gasteiger partial charge in [-0.1, -0.05) is 30.4 Å². The van der Waals surface area contributed by atoms with Crippen LogP contribution in [0.3, 0.4) is 0 Å². The van der Waals surface area contributed by atoms with E-state index < -0.39 is 0 Å². The largest absolute Gasteiger partial charge is 0.361 e. The fourth-order valence-corrected chi connectivity index (χ4v) is 1.82. The van der Waals surface area contributed by atoms with Gasteiger partial charge >= 0.3 is 0 Å². The van der Waals surface area contributed by atoms with E-state index >= 15 is 0 Å². The average Bonchev–Trinajstić information content (AvgIpc) is 2.85. The lowest BCUT2D eigenvalue weighted by atomic mass is 10.2. The Bertz CT molecular complexity index is 727. The zero-order chi connectivity index (χ0) is 13.6. The van der Waals surface area contributed by atoms with Crippen LogP contribution in [0.25, 0.3) is 17.2 Å². The minimum Gasteiger partial charge on any atom is -0.361 e. The molecule has 0 saturated heterocycles. The maximum absolute atomic E-state index is 3.91. The van der Waals surface area contributed by atoms with Crippen molar-refractivity contribution in [2.45, 2.75) is 0 Å². The molecule has 1 aliphatic heterocycles. The number of para-hydroxylation sites is 1. The molecule has 2 aromatic heterocycles. The second-order valence-corrected chi connectivity index (χ2v) is 4.11. The summed E-state index contributed by atoms with van der Waals surface area (Å²) in [5, 5.41) is 3.18. The van der Waals surface area contributed by atoms with Gasteiger partial charge in [-0.3, -0.25) is 0 Å². The number of allylic oxidation sites excluding steroid dienone is 2. The number of imidazole rings is 1. The van der Waals surface area contributed by atoms with Crippen LogP contribution in [0.4, 0.5) is 5.69 Å². The molecule has 0 aliphatic carbocycles. The van der Waals surface area contributed by atoms with E-state index in [4.69, 9.17) is 0 Å². The van der Waals surface area contributed by atoms with E-state index in [2.05, 4.69) is 43.5 Å². The summed E-state index contributed by atoms with van der Waals surface area (Å²) in [6.07, 6.45) is 12.8. The number of fused-ring (bicyclic) bond motifs is 2. The number of hydrogen-bond donors (Lipinski definition) is 2. The molecule has 0 amide bonds. The van der Waals surface area contributed by atoms with Crippen molar-refractivity contribution in [3.8, 4) is 0 Å². The molecule has 98 valence electrons. The van der Waals surface area contributed by atoms with Crippen molar-refractivity contribution in [1.82, 2.24) is 19.9 Å². The van der Waals surface area contributed by atoms with Gasteiger partial charge in [0.15, 0.2) is 5.65 Å². The molecule has 1 aliphatic rings. The zero-order valence-corrected chi connectivity index (χ0v) is 10.7. The Balaban J connectivity index is 0.000000123. The maximum Gasteiger partial charge on any atom is 0.180 e. The average molecular weight is 263 g/mol. The third-order valence-electron chi connectivity index (χ3n) is 2.78. The third kappa shape index (κ3) is 2.72. The standard InChI is InChI=1S/C10H9N.C5H4N4/c1-2-7-10-9(5-1)6-3-4-8-11-10;1-4-5(8-2-6-1)9-3-7-4/h1-8,11H;1-3H,(H,6,7,8,9). The number of hydrogen-bond acceptors (Lipinski definition) is 4. The lowest BCUT2D eigenvalue weighted by molar-refractivity contribution is 1.20. The quantitative estimate of drug-likeness (QED) is 0.654. The molecule has 3 aromatic rings. The van der Waals surface area contributed by atoms with E-state index in [9.17, 15) is 0 Å². The van der Waals surface area contributed by atoms with Crippen molar-refractivity contribution in [2.75, 3.05) is 5.32 Å². The highest BCUT2D eigenvalue weighted by atomic mass is 15.0. The highest BCUT2D eigenvalue weighted by Gasteiger charge is 1.95. The smallest absolute Gasteiger partial charge is 0.180 e. The molecular weight excluding hydrogens is 250 g/mol. The number of H-pyrrole nitrogens is 1. The Morgan fingerprint density at radius 2 is 1.95 bits per heavy atom. The van der Waals surface area contributed by atoms with Crippen LogP contribution in [0.5, 0.6) is 0 Å². The first-order valence-electron chi connectivity index (χ1n) is 6.21. The number of rotatable bonds is 0. The molecule has 4 rings (SSSR count). The van der Waals surface area contributed by atoms with Gasteiger partial charge in [-0.15, -0.1) is 0 Å². The zero-order valence-electron chi connectivity index (χ0n) is 10.7. The Labute approximate surface area is 116 Å². The summed E-state index contributed by atoms with van der Waals surface area (Å²) < 4.78 is 0. The molecule has 2 N–H and O–H groups in total. The van der Waals surface area contributed by atoms with Crippen LogP contribution in [0.1, 0.15) is 5.56 Å². The van der Waals surface area contributed by atoms with Gasteiger partial charge in [-0.05, 0) is 17.7 Å². The molecule has 5 nitrogen and oxygen atoms in total. The number of anilines is 1. The Morgan fingerprint density at radius 3 is 2.90 bits per heavy atom. The Hall–Kier alpha value is -2.95. The monoisotopic (exact) mass is 263 g/mol. The van der Waals surface area contributed by atoms with E-state index in [0.717, 1.165) is 11.2 Å². The normalized spacial score (nSPS) is 12.0. The fourth-order valence-electron chi connectivity index (χ4n) is 1.82. The topological polar surface area (TPSA) is 66.5 Å². The van der Waals surface area contributed by atoms with Gasteiger partial charge in [0.05, 0.1) is 12.5 Å². The number of benzene rings is 1. The van der Waals surface area contributed by atoms with Crippen LogP contribution in [0.2, 0.25) is 0 Å². The van der Waals surface area contributed by atoms with Gasteiger partial charge in [0.25, 0.3) is 0 Å². The van der Waals surface area contributed by atoms with Crippen LogP contribution < -0.4 is 5.32 Å². The number of aromatic amines is 1. The van der Waals surface area contributed by atoms with Crippen molar-refractivity contribution in [3.63, 3.8) is 0 Å². The molecule has 0 atom stereocenters. The molecule has 5 heteroatoms. The van der Waals surface area contributed by atoms with Crippen LogP contribution in [-0.2, 0) is 0 Å². The highest BCUT2D eigenvalue weighted by Crippen LogP contribution is 2.18. The summed E-state index contributed by atoms with van der Waals surface area (Å²) in [7, 11) is 0. The molecule has 1 aromatic carbocycles. The minimum atomic E-state index is 0.713. The fraction of sp³-hybridized carbons (Fsp3) is 0. The SMILES string of the molecule is C1=CNc2ccccc2C=C1.c1ncc2[nH]cnc2n1. The van der Waals surface area contributed by atoms with Gasteiger partial charge in [0.1, 0.15) is 11.8 Å². The van der Waals surface area contributed by atoms with Gasteiger partial charge in [-0.25, -0.2) is 15.0 Å². The number of nitrogens with one attached hydrogen (secondary N) is 2. The van der Waals surface area contributed by atoms with Crippen molar-refractivity contribution in [3.05, 3.63) is 67.0 Å². The molecule has 0 spiro atoms. The summed E-state index contributed by atoms with van der Waals surface area (Å²) in [5.41, 5.74) is 3.98. The molecular formula is C15H13N5. The number of aromatic nitrogens is 4. The van der Waals surface area contributed by atoms with E-state index in [-0.39, 0.29) is 0 Å². The number of nitrogens with zero attached hydrogens (tertiary/aromatic N) is 3. The molecule has 20 heavy (non-hydrogen) atoms. The second kappa shape index (κ2) is 5.79. The summed E-state index contributed by atoms with van der Waals surface area (Å²) in [5.74, 6) is 0. The Kier molecular flexibility index (Phi) is 3.51. The van der Waals surface area contributed by atoms with E-state index in [1.807, 2.05) is 30.5 Å². The molecule has 0 unspecified atom stereocenters. The van der Waals surface area contributed by atoms with Crippen molar-refractivity contribution in [1.29, 1.82) is 0 Å². The van der Waals surface area contributed by atoms with Crippen molar-refractivity contribution < 1.29 is 0 Å².